The van der Waals surface area contributed by atoms with Gasteiger partial charge in [-0.1, -0.05) is 66.7 Å². The molecule has 0 heterocycles. The molecule has 0 aliphatic carbocycles. The Labute approximate surface area is 207 Å². The van der Waals surface area contributed by atoms with Gasteiger partial charge in [0.15, 0.2) is 0 Å². The van der Waals surface area contributed by atoms with Crippen LogP contribution < -0.4 is 4.90 Å². The molecule has 0 atom stereocenters. The first-order chi connectivity index (χ1) is 17.0. The third-order valence-electron chi connectivity index (χ3n) is 7.48. The van der Waals surface area contributed by atoms with E-state index in [9.17, 15) is 0 Å². The Morgan fingerprint density at radius 1 is 0.371 bits per heavy atom. The van der Waals surface area contributed by atoms with E-state index in [0.29, 0.717) is 0 Å². The standard InChI is InChI=1S/C34H29N/c1-22-9-13-28(19-24(22)3)35(29-14-10-23(2)25(4)20-29)30-15-18-32-27(21-30)12-17-33-31-8-6-5-7-26(31)11-16-34(32)33/h5-21H,1-4H3. The number of aryl methyl sites for hydroxylation is 4. The molecule has 1 nitrogen and oxygen atoms in total. The Morgan fingerprint density at radius 2 is 0.857 bits per heavy atom. The average Bonchev–Trinajstić information content (AvgIpc) is 2.88. The maximum Gasteiger partial charge on any atom is 0.0468 e. The lowest BCUT2D eigenvalue weighted by Crippen LogP contribution is -2.10. The fourth-order valence-electron chi connectivity index (χ4n) is 5.13. The first kappa shape index (κ1) is 21.4. The molecule has 35 heavy (non-hydrogen) atoms. The van der Waals surface area contributed by atoms with E-state index in [0.717, 1.165) is 0 Å². The van der Waals surface area contributed by atoms with Crippen LogP contribution in [0.4, 0.5) is 17.1 Å². The van der Waals surface area contributed by atoms with E-state index in [4.69, 9.17) is 0 Å². The normalized spacial score (nSPS) is 11.4. The molecule has 0 bridgehead atoms. The molecule has 0 fully saturated rings. The molecule has 6 aromatic carbocycles. The molecule has 0 unspecified atom stereocenters. The second-order valence-electron chi connectivity index (χ2n) is 9.73. The van der Waals surface area contributed by atoms with Gasteiger partial charge in [0.1, 0.15) is 0 Å². The summed E-state index contributed by atoms with van der Waals surface area (Å²) in [5.74, 6) is 0. The van der Waals surface area contributed by atoms with Crippen LogP contribution in [-0.2, 0) is 0 Å². The molecule has 6 aromatic rings. The second kappa shape index (κ2) is 8.29. The minimum Gasteiger partial charge on any atom is -0.310 e. The summed E-state index contributed by atoms with van der Waals surface area (Å²) in [5.41, 5.74) is 8.76. The van der Waals surface area contributed by atoms with Gasteiger partial charge in [0, 0.05) is 17.1 Å². The SMILES string of the molecule is Cc1ccc(N(c2ccc(C)c(C)c2)c2ccc3c(ccc4c5ccccc5ccc34)c2)cc1C. The van der Waals surface area contributed by atoms with E-state index in [1.54, 1.807) is 0 Å². The van der Waals surface area contributed by atoms with E-state index >= 15 is 0 Å². The zero-order valence-electron chi connectivity index (χ0n) is 20.8. The van der Waals surface area contributed by atoms with Crippen molar-refractivity contribution in [1.82, 2.24) is 0 Å². The Morgan fingerprint density at radius 3 is 1.49 bits per heavy atom. The zero-order chi connectivity index (χ0) is 24.1. The van der Waals surface area contributed by atoms with Crippen LogP contribution in [-0.4, -0.2) is 0 Å². The molecule has 0 spiro atoms. The highest BCUT2D eigenvalue weighted by Crippen LogP contribution is 2.39. The number of benzene rings is 6. The van der Waals surface area contributed by atoms with Gasteiger partial charge in [-0.05, 0) is 119 Å². The van der Waals surface area contributed by atoms with E-state index < -0.39 is 0 Å². The third-order valence-corrected chi connectivity index (χ3v) is 7.48. The van der Waals surface area contributed by atoms with E-state index in [1.165, 1.54) is 71.6 Å². The van der Waals surface area contributed by atoms with Crippen LogP contribution in [0, 0.1) is 27.7 Å². The second-order valence-corrected chi connectivity index (χ2v) is 9.73. The van der Waals surface area contributed by atoms with Crippen LogP contribution in [0.1, 0.15) is 22.3 Å². The summed E-state index contributed by atoms with van der Waals surface area (Å²) in [6, 6.07) is 38.1. The van der Waals surface area contributed by atoms with Crippen molar-refractivity contribution < 1.29 is 0 Å². The zero-order valence-corrected chi connectivity index (χ0v) is 20.8. The Bertz CT molecular complexity index is 1690. The van der Waals surface area contributed by atoms with E-state index in [1.807, 2.05) is 0 Å². The maximum atomic E-state index is 2.38. The quantitative estimate of drug-likeness (QED) is 0.242. The maximum absolute atomic E-state index is 2.38. The van der Waals surface area contributed by atoms with Gasteiger partial charge >= 0.3 is 0 Å². The number of fused-ring (bicyclic) bond motifs is 5. The van der Waals surface area contributed by atoms with Crippen LogP contribution in [0.25, 0.3) is 32.3 Å². The molecule has 0 aromatic heterocycles. The molecule has 0 saturated carbocycles. The molecule has 1 heteroatoms. The average molecular weight is 452 g/mol. The van der Waals surface area contributed by atoms with Crippen molar-refractivity contribution in [3.8, 4) is 0 Å². The highest BCUT2D eigenvalue weighted by molar-refractivity contribution is 6.17. The predicted molar refractivity (Wildman–Crippen MR) is 153 cm³/mol. The summed E-state index contributed by atoms with van der Waals surface area (Å²) in [5, 5.41) is 7.75. The highest BCUT2D eigenvalue weighted by atomic mass is 15.1. The molecular formula is C34H29N. The van der Waals surface area contributed by atoms with Crippen LogP contribution in [0.15, 0.2) is 103 Å². The van der Waals surface area contributed by atoms with Crippen molar-refractivity contribution in [2.24, 2.45) is 0 Å². The summed E-state index contributed by atoms with van der Waals surface area (Å²) in [6.07, 6.45) is 0. The number of anilines is 3. The third kappa shape index (κ3) is 3.65. The van der Waals surface area contributed by atoms with Crippen LogP contribution in [0.5, 0.6) is 0 Å². The van der Waals surface area contributed by atoms with Gasteiger partial charge in [-0.3, -0.25) is 0 Å². The van der Waals surface area contributed by atoms with Gasteiger partial charge in [0.05, 0.1) is 0 Å². The van der Waals surface area contributed by atoms with Gasteiger partial charge in [0.2, 0.25) is 0 Å². The number of hydrogen-bond acceptors (Lipinski definition) is 1. The summed E-state index contributed by atoms with van der Waals surface area (Å²) in [7, 11) is 0. The molecule has 0 saturated heterocycles. The van der Waals surface area contributed by atoms with Crippen LogP contribution in [0.2, 0.25) is 0 Å². The largest absolute Gasteiger partial charge is 0.310 e. The fourth-order valence-corrected chi connectivity index (χ4v) is 5.13. The number of nitrogens with zero attached hydrogens (tertiary/aromatic N) is 1. The first-order valence-electron chi connectivity index (χ1n) is 12.3. The Balaban J connectivity index is 1.57. The van der Waals surface area contributed by atoms with Crippen LogP contribution >= 0.6 is 0 Å². The minimum atomic E-state index is 1.17. The summed E-state index contributed by atoms with van der Waals surface area (Å²) >= 11 is 0. The molecule has 0 aliphatic rings. The van der Waals surface area contributed by atoms with Crippen molar-refractivity contribution in [3.05, 3.63) is 125 Å². The summed E-state index contributed by atoms with van der Waals surface area (Å²) < 4.78 is 0. The Hall–Kier alpha value is -4.10. The molecule has 0 amide bonds. The summed E-state index contributed by atoms with van der Waals surface area (Å²) in [6.45, 7) is 8.72. The van der Waals surface area contributed by atoms with Gasteiger partial charge < -0.3 is 4.90 Å². The lowest BCUT2D eigenvalue weighted by atomic mass is 9.96. The van der Waals surface area contributed by atoms with Crippen molar-refractivity contribution in [3.63, 3.8) is 0 Å². The molecule has 0 N–H and O–H groups in total. The van der Waals surface area contributed by atoms with E-state index in [2.05, 4.69) is 136 Å². The van der Waals surface area contributed by atoms with Gasteiger partial charge in [-0.25, -0.2) is 0 Å². The lowest BCUT2D eigenvalue weighted by Gasteiger charge is -2.27. The van der Waals surface area contributed by atoms with Crippen molar-refractivity contribution in [2.75, 3.05) is 4.90 Å². The summed E-state index contributed by atoms with van der Waals surface area (Å²) in [4.78, 5) is 2.38. The smallest absolute Gasteiger partial charge is 0.0468 e. The monoisotopic (exact) mass is 451 g/mol. The molecule has 0 radical (unpaired) electrons. The van der Waals surface area contributed by atoms with E-state index in [-0.39, 0.29) is 0 Å². The van der Waals surface area contributed by atoms with Gasteiger partial charge in [-0.15, -0.1) is 0 Å². The molecular weight excluding hydrogens is 422 g/mol. The Kier molecular flexibility index (Phi) is 5.07. The highest BCUT2D eigenvalue weighted by Gasteiger charge is 2.15. The lowest BCUT2D eigenvalue weighted by molar-refractivity contribution is 1.23. The molecule has 170 valence electrons. The van der Waals surface area contributed by atoms with Crippen molar-refractivity contribution in [2.45, 2.75) is 27.7 Å². The van der Waals surface area contributed by atoms with Crippen molar-refractivity contribution >= 4 is 49.4 Å². The van der Waals surface area contributed by atoms with Crippen LogP contribution in [0.3, 0.4) is 0 Å². The fraction of sp³-hybridized carbons (Fsp3) is 0.118. The number of rotatable bonds is 3. The van der Waals surface area contributed by atoms with Gasteiger partial charge in [-0.2, -0.15) is 0 Å². The van der Waals surface area contributed by atoms with Crippen molar-refractivity contribution in [1.29, 1.82) is 0 Å². The first-order valence-corrected chi connectivity index (χ1v) is 12.3. The minimum absolute atomic E-state index is 1.17. The number of hydrogen-bond donors (Lipinski definition) is 0. The predicted octanol–water partition coefficient (Wildman–Crippen LogP) is 9.85. The van der Waals surface area contributed by atoms with Gasteiger partial charge in [0.25, 0.3) is 0 Å². The molecule has 6 rings (SSSR count). The molecule has 0 aliphatic heterocycles. The topological polar surface area (TPSA) is 3.24 Å².